The number of hydrogen-bond donors (Lipinski definition) is 0. The van der Waals surface area contributed by atoms with Gasteiger partial charge < -0.3 is 0 Å². The molecule has 0 aliphatic heterocycles. The van der Waals surface area contributed by atoms with Crippen LogP contribution in [0.15, 0.2) is 48.5 Å². The van der Waals surface area contributed by atoms with Crippen molar-refractivity contribution >= 4 is 21.4 Å². The molecule has 0 unspecified atom stereocenters. The monoisotopic (exact) mass is 308 g/mol. The zero-order valence-electron chi connectivity index (χ0n) is 13.6. The summed E-state index contributed by atoms with van der Waals surface area (Å²) in [6, 6.07) is 18.2. The predicted octanol–water partition coefficient (Wildman–Crippen LogP) is 7.00. The summed E-state index contributed by atoms with van der Waals surface area (Å²) < 4.78 is 1.39. The minimum Gasteiger partial charge on any atom is -0.135 e. The maximum Gasteiger partial charge on any atom is 0.0355 e. The molecule has 3 rings (SSSR count). The maximum atomic E-state index is 2.32. The first-order valence-electron chi connectivity index (χ1n) is 8.36. The van der Waals surface area contributed by atoms with Crippen molar-refractivity contribution in [2.45, 2.75) is 46.0 Å². The first kappa shape index (κ1) is 15.3. The molecule has 22 heavy (non-hydrogen) atoms. The van der Waals surface area contributed by atoms with Gasteiger partial charge in [0.15, 0.2) is 0 Å². The second kappa shape index (κ2) is 7.11. The Bertz CT molecular complexity index is 734. The van der Waals surface area contributed by atoms with E-state index in [-0.39, 0.29) is 0 Å². The molecular weight excluding hydrogens is 284 g/mol. The third-order valence-corrected chi connectivity index (χ3v) is 5.38. The summed E-state index contributed by atoms with van der Waals surface area (Å²) in [5.41, 5.74) is 4.15. The van der Waals surface area contributed by atoms with E-state index in [1.165, 1.54) is 63.8 Å². The van der Waals surface area contributed by atoms with Crippen molar-refractivity contribution in [1.82, 2.24) is 0 Å². The molecule has 3 aromatic rings. The lowest BCUT2D eigenvalue weighted by Gasteiger charge is -2.03. The minimum atomic E-state index is 1.21. The minimum absolute atomic E-state index is 1.21. The van der Waals surface area contributed by atoms with E-state index < -0.39 is 0 Å². The van der Waals surface area contributed by atoms with Crippen LogP contribution in [-0.4, -0.2) is 0 Å². The van der Waals surface area contributed by atoms with Crippen molar-refractivity contribution in [3.63, 3.8) is 0 Å². The third-order valence-electron chi connectivity index (χ3n) is 4.23. The second-order valence-electron chi connectivity index (χ2n) is 6.16. The van der Waals surface area contributed by atoms with E-state index in [0.717, 1.165) is 0 Å². The molecule has 0 aliphatic carbocycles. The molecule has 0 fully saturated rings. The number of unbranched alkanes of at least 4 members (excludes halogenated alkanes) is 3. The van der Waals surface area contributed by atoms with Gasteiger partial charge >= 0.3 is 0 Å². The van der Waals surface area contributed by atoms with Gasteiger partial charge in [0.2, 0.25) is 0 Å². The van der Waals surface area contributed by atoms with E-state index in [4.69, 9.17) is 0 Å². The molecule has 0 saturated carbocycles. The quantitative estimate of drug-likeness (QED) is 0.430. The fourth-order valence-corrected chi connectivity index (χ4v) is 4.04. The van der Waals surface area contributed by atoms with Gasteiger partial charge in [-0.1, -0.05) is 62.6 Å². The molecular formula is C21H24S. The Morgan fingerprint density at radius 3 is 2.45 bits per heavy atom. The molecule has 0 saturated heterocycles. The highest BCUT2D eigenvalue weighted by Gasteiger charge is 2.04. The molecule has 114 valence electrons. The molecule has 0 amide bonds. The topological polar surface area (TPSA) is 0 Å². The van der Waals surface area contributed by atoms with Crippen LogP contribution in [0.1, 0.15) is 43.7 Å². The Morgan fingerprint density at radius 2 is 1.68 bits per heavy atom. The average Bonchev–Trinajstić information content (AvgIpc) is 2.95. The molecule has 0 aliphatic rings. The van der Waals surface area contributed by atoms with Crippen LogP contribution >= 0.6 is 11.3 Å². The van der Waals surface area contributed by atoms with Crippen molar-refractivity contribution < 1.29 is 0 Å². The van der Waals surface area contributed by atoms with Crippen molar-refractivity contribution in [2.75, 3.05) is 0 Å². The summed E-state index contributed by atoms with van der Waals surface area (Å²) in [7, 11) is 0. The fourth-order valence-electron chi connectivity index (χ4n) is 2.87. The molecule has 0 bridgehead atoms. The molecule has 0 atom stereocenters. The molecule has 0 N–H and O–H groups in total. The lowest BCUT2D eigenvalue weighted by Crippen LogP contribution is -1.85. The predicted molar refractivity (Wildman–Crippen MR) is 99.8 cm³/mol. The average molecular weight is 308 g/mol. The number of hydrogen-bond acceptors (Lipinski definition) is 1. The van der Waals surface area contributed by atoms with E-state index in [0.29, 0.717) is 0 Å². The van der Waals surface area contributed by atoms with Gasteiger partial charge in [0.25, 0.3) is 0 Å². The summed E-state index contributed by atoms with van der Waals surface area (Å²) in [6.07, 6.45) is 6.55. The highest BCUT2D eigenvalue weighted by Crippen LogP contribution is 2.34. The lowest BCUT2D eigenvalue weighted by molar-refractivity contribution is 0.667. The van der Waals surface area contributed by atoms with Gasteiger partial charge in [-0.3, -0.25) is 0 Å². The van der Waals surface area contributed by atoms with Gasteiger partial charge in [-0.15, -0.1) is 11.3 Å². The largest absolute Gasteiger partial charge is 0.135 e. The van der Waals surface area contributed by atoms with E-state index in [1.54, 1.807) is 0 Å². The first-order chi connectivity index (χ1) is 10.8. The van der Waals surface area contributed by atoms with Crippen LogP contribution in [0.25, 0.3) is 20.5 Å². The molecule has 0 nitrogen and oxygen atoms in total. The van der Waals surface area contributed by atoms with Crippen LogP contribution < -0.4 is 0 Å². The zero-order valence-corrected chi connectivity index (χ0v) is 14.4. The van der Waals surface area contributed by atoms with Gasteiger partial charge in [0, 0.05) is 9.58 Å². The first-order valence-corrected chi connectivity index (χ1v) is 9.17. The van der Waals surface area contributed by atoms with Crippen molar-refractivity contribution in [1.29, 1.82) is 0 Å². The Morgan fingerprint density at radius 1 is 0.864 bits per heavy atom. The SMILES string of the molecule is CCCCCCc1ccc(-c2cc3ccc(C)cc3s2)cc1. The summed E-state index contributed by atoms with van der Waals surface area (Å²) in [5, 5.41) is 1.36. The van der Waals surface area contributed by atoms with Gasteiger partial charge in [-0.2, -0.15) is 0 Å². The molecule has 1 heterocycles. The Labute approximate surface area is 137 Å². The van der Waals surface area contributed by atoms with Crippen LogP contribution in [0.3, 0.4) is 0 Å². The van der Waals surface area contributed by atoms with E-state index in [1.807, 2.05) is 11.3 Å². The summed E-state index contributed by atoms with van der Waals surface area (Å²) in [6.45, 7) is 4.42. The highest BCUT2D eigenvalue weighted by atomic mass is 32.1. The van der Waals surface area contributed by atoms with Gasteiger partial charge in [0.1, 0.15) is 0 Å². The van der Waals surface area contributed by atoms with Gasteiger partial charge in [-0.05, 0) is 54.0 Å². The van der Waals surface area contributed by atoms with Crippen molar-refractivity contribution in [3.05, 3.63) is 59.7 Å². The van der Waals surface area contributed by atoms with E-state index in [2.05, 4.69) is 62.4 Å². The second-order valence-corrected chi connectivity index (χ2v) is 7.24. The lowest BCUT2D eigenvalue weighted by atomic mass is 10.0. The summed E-state index contributed by atoms with van der Waals surface area (Å²) in [4.78, 5) is 1.37. The highest BCUT2D eigenvalue weighted by molar-refractivity contribution is 7.22. The smallest absolute Gasteiger partial charge is 0.0355 e. The molecule has 1 heteroatoms. The number of benzene rings is 2. The van der Waals surface area contributed by atoms with Crippen molar-refractivity contribution in [3.8, 4) is 10.4 Å². The van der Waals surface area contributed by atoms with E-state index in [9.17, 15) is 0 Å². The summed E-state index contributed by atoms with van der Waals surface area (Å²) in [5.74, 6) is 0. The summed E-state index contributed by atoms with van der Waals surface area (Å²) >= 11 is 1.89. The number of thiophene rings is 1. The van der Waals surface area contributed by atoms with Crippen molar-refractivity contribution in [2.24, 2.45) is 0 Å². The molecule has 0 radical (unpaired) electrons. The van der Waals surface area contributed by atoms with Crippen LogP contribution in [0.4, 0.5) is 0 Å². The Balaban J connectivity index is 1.73. The maximum absolute atomic E-state index is 2.32. The molecule has 1 aromatic heterocycles. The number of fused-ring (bicyclic) bond motifs is 1. The molecule has 0 spiro atoms. The van der Waals surface area contributed by atoms with Crippen LogP contribution in [0.5, 0.6) is 0 Å². The Kier molecular flexibility index (Phi) is 4.94. The third kappa shape index (κ3) is 3.59. The zero-order chi connectivity index (χ0) is 15.4. The fraction of sp³-hybridized carbons (Fsp3) is 0.333. The number of rotatable bonds is 6. The van der Waals surface area contributed by atoms with Crippen LogP contribution in [0, 0.1) is 6.92 Å². The van der Waals surface area contributed by atoms with Crippen LogP contribution in [-0.2, 0) is 6.42 Å². The molecule has 2 aromatic carbocycles. The Hall–Kier alpha value is -1.60. The normalized spacial score (nSPS) is 11.2. The standard InChI is InChI=1S/C21H24S/c1-3-4-5-6-7-17-9-12-18(13-10-17)21-15-19-11-8-16(2)14-20(19)22-21/h8-15H,3-7H2,1-2H3. The van der Waals surface area contributed by atoms with Gasteiger partial charge in [0.05, 0.1) is 0 Å². The van der Waals surface area contributed by atoms with E-state index >= 15 is 0 Å². The number of aryl methyl sites for hydroxylation is 2. The van der Waals surface area contributed by atoms with Gasteiger partial charge in [-0.25, -0.2) is 0 Å². The van der Waals surface area contributed by atoms with Crippen LogP contribution in [0.2, 0.25) is 0 Å².